The van der Waals surface area contributed by atoms with Crippen molar-refractivity contribution in [1.82, 2.24) is 15.1 Å². The second-order valence-corrected chi connectivity index (χ2v) is 13.9. The van der Waals surface area contributed by atoms with E-state index in [1.807, 2.05) is 6.92 Å². The fourth-order valence-electron chi connectivity index (χ4n) is 11.3. The molecule has 6 nitrogen and oxygen atoms in total. The zero-order valence-electron chi connectivity index (χ0n) is 22.5. The first-order valence-electron chi connectivity index (χ1n) is 15.0. The number of hydrogen-bond acceptors (Lipinski definition) is 6. The van der Waals surface area contributed by atoms with Crippen LogP contribution in [0.2, 0.25) is 0 Å². The molecule has 0 spiro atoms. The van der Waals surface area contributed by atoms with Crippen LogP contribution in [0.4, 0.5) is 0 Å². The lowest BCUT2D eigenvalue weighted by Crippen LogP contribution is -2.87. The zero-order chi connectivity index (χ0) is 24.6. The van der Waals surface area contributed by atoms with Gasteiger partial charge < -0.3 is 20.6 Å². The molecule has 6 fully saturated rings. The van der Waals surface area contributed by atoms with Crippen LogP contribution >= 0.6 is 0 Å². The highest BCUT2D eigenvalue weighted by molar-refractivity contribution is 5.23. The average Bonchev–Trinajstić information content (AvgIpc) is 3.27. The number of likely N-dealkylation sites (tertiary alicyclic amines) is 1. The van der Waals surface area contributed by atoms with Gasteiger partial charge in [-0.15, -0.1) is 0 Å². The molecule has 4 aliphatic carbocycles. The minimum atomic E-state index is -2.07. The van der Waals surface area contributed by atoms with Crippen LogP contribution in [0.1, 0.15) is 85.0 Å². The summed E-state index contributed by atoms with van der Waals surface area (Å²) in [6.07, 6.45) is 11.2. The maximum atomic E-state index is 12.4. The van der Waals surface area contributed by atoms with Crippen LogP contribution in [0.5, 0.6) is 0 Å². The molecule has 4 N–H and O–H groups in total. The van der Waals surface area contributed by atoms with Gasteiger partial charge >= 0.3 is 0 Å². The van der Waals surface area contributed by atoms with Crippen LogP contribution in [0.15, 0.2) is 0 Å². The molecule has 4 saturated carbocycles. The summed E-state index contributed by atoms with van der Waals surface area (Å²) < 4.78 is 0. The van der Waals surface area contributed by atoms with Crippen molar-refractivity contribution in [2.24, 2.45) is 40.4 Å². The van der Waals surface area contributed by atoms with E-state index >= 15 is 0 Å². The molecule has 0 bridgehead atoms. The molecule has 9 atom stereocenters. The number of piperidine rings is 1. The van der Waals surface area contributed by atoms with E-state index in [0.29, 0.717) is 17.3 Å². The Hall–Kier alpha value is -0.240. The fraction of sp³-hybridized carbons (Fsp3) is 1.00. The van der Waals surface area contributed by atoms with Crippen molar-refractivity contribution in [2.75, 3.05) is 39.3 Å². The summed E-state index contributed by atoms with van der Waals surface area (Å²) in [4.78, 5) is 5.10. The minimum Gasteiger partial charge on any atom is -0.384 e. The highest BCUT2D eigenvalue weighted by atomic mass is 16.5. The number of nitrogens with zero attached hydrogens (tertiary/aromatic N) is 2. The normalized spacial score (nSPS) is 53.0. The number of rotatable bonds is 2. The molecule has 6 rings (SSSR count). The predicted molar refractivity (Wildman–Crippen MR) is 137 cm³/mol. The first-order valence-corrected chi connectivity index (χ1v) is 15.0. The van der Waals surface area contributed by atoms with Crippen LogP contribution in [0, 0.1) is 40.4 Å². The Bertz CT molecular complexity index is 776. The zero-order valence-corrected chi connectivity index (χ0v) is 22.5. The topological polar surface area (TPSA) is 79.2 Å². The SMILES string of the molecule is CC1[C@@H]2CCC3C4CCC[C@@]4(C)CCC3[C@@]2(C)C(N2CCCCC2)(N2CCNCC2)C(O)C1(O)O. The summed E-state index contributed by atoms with van der Waals surface area (Å²) in [5, 5.41) is 39.2. The fourth-order valence-corrected chi connectivity index (χ4v) is 11.3. The summed E-state index contributed by atoms with van der Waals surface area (Å²) in [5.74, 6) is -0.179. The number of fused-ring (bicyclic) bond motifs is 5. The van der Waals surface area contributed by atoms with Gasteiger partial charge in [0.1, 0.15) is 11.8 Å². The molecule has 6 aliphatic rings. The maximum absolute atomic E-state index is 12.4. The number of piperazine rings is 1. The van der Waals surface area contributed by atoms with Gasteiger partial charge in [0.15, 0.2) is 5.79 Å². The molecule has 0 radical (unpaired) electrons. The molecule has 200 valence electrons. The average molecular weight is 490 g/mol. The van der Waals surface area contributed by atoms with E-state index in [9.17, 15) is 15.3 Å². The molecule has 0 aromatic rings. The van der Waals surface area contributed by atoms with E-state index in [1.165, 1.54) is 44.9 Å². The smallest absolute Gasteiger partial charge is 0.195 e. The second kappa shape index (κ2) is 8.64. The van der Waals surface area contributed by atoms with Gasteiger partial charge in [0.2, 0.25) is 0 Å². The molecule has 0 aromatic heterocycles. The largest absolute Gasteiger partial charge is 0.384 e. The van der Waals surface area contributed by atoms with Gasteiger partial charge in [-0.05, 0) is 80.5 Å². The Balaban J connectivity index is 1.54. The highest BCUT2D eigenvalue weighted by Gasteiger charge is 2.76. The summed E-state index contributed by atoms with van der Waals surface area (Å²) in [6.45, 7) is 12.5. The van der Waals surface area contributed by atoms with Crippen LogP contribution < -0.4 is 5.32 Å². The molecule has 2 aliphatic heterocycles. The summed E-state index contributed by atoms with van der Waals surface area (Å²) >= 11 is 0. The van der Waals surface area contributed by atoms with Gasteiger partial charge in [0.25, 0.3) is 0 Å². The van der Waals surface area contributed by atoms with E-state index in [-0.39, 0.29) is 17.3 Å². The van der Waals surface area contributed by atoms with Gasteiger partial charge in [0, 0.05) is 50.6 Å². The minimum absolute atomic E-state index is 0.178. The molecule has 0 amide bonds. The molecule has 2 saturated heterocycles. The lowest BCUT2D eigenvalue weighted by atomic mass is 9.39. The van der Waals surface area contributed by atoms with Crippen LogP contribution in [0.3, 0.4) is 0 Å². The quantitative estimate of drug-likeness (QED) is 0.447. The van der Waals surface area contributed by atoms with Crippen LogP contribution in [-0.2, 0) is 0 Å². The monoisotopic (exact) mass is 489 g/mol. The van der Waals surface area contributed by atoms with Gasteiger partial charge in [-0.2, -0.15) is 0 Å². The first-order chi connectivity index (χ1) is 16.7. The lowest BCUT2D eigenvalue weighted by molar-refractivity contribution is -0.391. The number of aliphatic hydroxyl groups is 3. The summed E-state index contributed by atoms with van der Waals surface area (Å²) in [5.41, 5.74) is -0.419. The summed E-state index contributed by atoms with van der Waals surface area (Å²) in [6, 6.07) is 0. The molecule has 6 heteroatoms. The Labute approximate surface area is 212 Å². The third-order valence-corrected chi connectivity index (χ3v) is 12.9. The predicted octanol–water partition coefficient (Wildman–Crippen LogP) is 3.01. The second-order valence-electron chi connectivity index (χ2n) is 13.9. The van der Waals surface area contributed by atoms with Crippen LogP contribution in [-0.4, -0.2) is 81.9 Å². The maximum Gasteiger partial charge on any atom is 0.195 e. The van der Waals surface area contributed by atoms with Crippen molar-refractivity contribution in [1.29, 1.82) is 0 Å². The number of nitrogens with one attached hydrogen (secondary N) is 1. The highest BCUT2D eigenvalue weighted by Crippen LogP contribution is 2.71. The Morgan fingerprint density at radius 3 is 2.14 bits per heavy atom. The van der Waals surface area contributed by atoms with Gasteiger partial charge in [0.05, 0.1) is 0 Å². The number of hydrogen-bond donors (Lipinski definition) is 4. The van der Waals surface area contributed by atoms with E-state index in [2.05, 4.69) is 29.0 Å². The first kappa shape index (κ1) is 25.1. The lowest BCUT2D eigenvalue weighted by Gasteiger charge is -2.75. The Morgan fingerprint density at radius 1 is 0.743 bits per heavy atom. The van der Waals surface area contributed by atoms with Crippen molar-refractivity contribution in [3.63, 3.8) is 0 Å². The number of aliphatic hydroxyl groups excluding tert-OH is 1. The third-order valence-electron chi connectivity index (χ3n) is 12.9. The Kier molecular flexibility index (Phi) is 6.19. The van der Waals surface area contributed by atoms with Crippen molar-refractivity contribution in [2.45, 2.75) is 103 Å². The van der Waals surface area contributed by atoms with Crippen molar-refractivity contribution in [3.8, 4) is 0 Å². The molecule has 6 unspecified atom stereocenters. The van der Waals surface area contributed by atoms with E-state index < -0.39 is 17.6 Å². The molecule has 2 heterocycles. The standard InChI is InChI=1S/C29H51N3O3/c1-20-22-10-9-21-23-8-7-12-26(23,2)13-11-24(21)27(22,3)29(25(33)28(20,34)35,31-16-5-4-6-17-31)32-18-14-30-15-19-32/h20-25,30,33-35H,4-19H2,1-3H3/t20?,21?,22-,23?,24?,25?,26-,27-,29?/m0/s1. The van der Waals surface area contributed by atoms with Gasteiger partial charge in [-0.3, -0.25) is 9.80 Å². The summed E-state index contributed by atoms with van der Waals surface area (Å²) in [7, 11) is 0. The molecule has 0 aromatic carbocycles. The van der Waals surface area contributed by atoms with E-state index in [0.717, 1.165) is 64.4 Å². The van der Waals surface area contributed by atoms with Gasteiger partial charge in [-0.1, -0.05) is 33.6 Å². The molecular weight excluding hydrogens is 438 g/mol. The van der Waals surface area contributed by atoms with Crippen molar-refractivity contribution >= 4 is 0 Å². The van der Waals surface area contributed by atoms with Crippen molar-refractivity contribution in [3.05, 3.63) is 0 Å². The third kappa shape index (κ3) is 3.22. The van der Waals surface area contributed by atoms with E-state index in [4.69, 9.17) is 0 Å². The molecular formula is C29H51N3O3. The van der Waals surface area contributed by atoms with Crippen LogP contribution in [0.25, 0.3) is 0 Å². The van der Waals surface area contributed by atoms with Gasteiger partial charge in [-0.25, -0.2) is 0 Å². The molecule has 35 heavy (non-hydrogen) atoms. The van der Waals surface area contributed by atoms with E-state index in [1.54, 1.807) is 0 Å². The Morgan fingerprint density at radius 2 is 1.43 bits per heavy atom. The van der Waals surface area contributed by atoms with Crippen molar-refractivity contribution < 1.29 is 15.3 Å².